The third-order valence-electron chi connectivity index (χ3n) is 21.3. The van der Waals surface area contributed by atoms with Crippen molar-refractivity contribution in [1.82, 2.24) is 103 Å². The first-order valence-electron chi connectivity index (χ1n) is 42.4. The Bertz CT molecular complexity index is 3960. The topological polar surface area (TPSA) is 697 Å². The standard InChI is InChI=1S/C76H124N20O33/c1-42-51(72(116)129-71(42)115)9-10-57(105)77-11-12-78-70(114)52(92(32-49-36-95(89-85-49)16-20-119-24-28-123-75-60(81-45(4)103)68(112)64(108)55(40-99)127-75)33-50-37-96(90-86-50)17-21-120-25-29-124-76-61(82-46(5)104)69(113)65(109)56(41-100)128-76)8-6-7-13-91(30-47-34-93(87-83-47)14-18-117-22-26-121-73-58(79-43(2)101)66(110)62(106)53(38-97)125-73)31-48-35-94(88-84-48)15-19-118-23-27-122-74-59(80-44(3)102)67(111)63(107)54(39-98)126-74/h34-37,52-56,58-69,73-76,83,87,97-100,106-113H,6-33,38-41H2,1-5H3,(H,77,105)(H,78,114)(H,79,101)(H,80,102)(H,81,103)(H,82,104). The van der Waals surface area contributed by atoms with Gasteiger partial charge in [0.05, 0.1) is 161 Å². The second-order valence-electron chi connectivity index (χ2n) is 31.2. The van der Waals surface area contributed by atoms with E-state index < -0.39 is 202 Å². The molecule has 6 aliphatic heterocycles. The molecule has 3 aromatic rings. The number of unbranched alkanes of at least 4 members (excludes halogenated alkanes) is 1. The van der Waals surface area contributed by atoms with E-state index in [1.807, 2.05) is 11.1 Å². The number of hydrogen-bond acceptors (Lipinski definition) is 44. The average molecular weight is 1850 g/mol. The Morgan fingerprint density at radius 2 is 0.845 bits per heavy atom. The zero-order valence-corrected chi connectivity index (χ0v) is 72.4. The van der Waals surface area contributed by atoms with Crippen LogP contribution in [0.1, 0.15) is 83.8 Å². The molecule has 0 bridgehead atoms. The third-order valence-corrected chi connectivity index (χ3v) is 21.3. The van der Waals surface area contributed by atoms with Crippen LogP contribution in [0.3, 0.4) is 0 Å². The van der Waals surface area contributed by atoms with Crippen LogP contribution in [0.2, 0.25) is 0 Å². The molecule has 9 rings (SSSR count). The lowest BCUT2D eigenvalue weighted by Crippen LogP contribution is -2.64. The van der Waals surface area contributed by atoms with Gasteiger partial charge in [-0.25, -0.2) is 23.6 Å². The molecular weight excluding hydrogens is 1720 g/mol. The number of aliphatic hydroxyl groups excluding tert-OH is 12. The summed E-state index contributed by atoms with van der Waals surface area (Å²) < 4.78 is 78.6. The minimum Gasteiger partial charge on any atom is -0.394 e. The van der Waals surface area contributed by atoms with Crippen LogP contribution in [0, 0.1) is 0 Å². The monoisotopic (exact) mass is 1840 g/mol. The van der Waals surface area contributed by atoms with Gasteiger partial charge in [-0.2, -0.15) is 0 Å². The molecule has 6 amide bonds. The average Bonchev–Trinajstić information content (AvgIpc) is 1.01. The Balaban J connectivity index is 0.895. The van der Waals surface area contributed by atoms with Crippen LogP contribution in [0.25, 0.3) is 0 Å². The largest absolute Gasteiger partial charge is 0.394 e. The van der Waals surface area contributed by atoms with Crippen molar-refractivity contribution in [3.8, 4) is 0 Å². The van der Waals surface area contributed by atoms with E-state index in [-0.39, 0.29) is 162 Å². The maximum absolute atomic E-state index is 15.1. The van der Waals surface area contributed by atoms with E-state index in [0.717, 1.165) is 0 Å². The SMILES string of the molecule is CC(=O)NC1C(OCCOCCN2C=C(CN(CCCCC(C(=O)NCCNC(=O)CCC3=C(C)C(=O)OC3=O)N(Cc3cn(CCOCCOC4OC(CO)C(O)C(O)C4NC(C)=O)nn3)Cc3cn(CCOCCOC4OC(CO)C(O)C(O)C4NC(C)=O)nn3)Cc3cn(CCOCCOC4OC(CO)C(O)C(O)C4NC(C)=O)nn3)NN2)OC(CO)C(O)C1O. The number of hydrazine groups is 2. The van der Waals surface area contributed by atoms with Gasteiger partial charge in [0.2, 0.25) is 35.4 Å². The van der Waals surface area contributed by atoms with Crippen molar-refractivity contribution in [1.29, 1.82) is 0 Å². The molecule has 6 aliphatic rings. The van der Waals surface area contributed by atoms with Crippen LogP contribution in [-0.2, 0) is 139 Å². The summed E-state index contributed by atoms with van der Waals surface area (Å²) in [5.41, 5.74) is 8.58. The Kier molecular flexibility index (Phi) is 42.9. The minimum absolute atomic E-state index is 0.0147. The number of cyclic esters (lactones) is 2. The molecule has 0 saturated carbocycles. The van der Waals surface area contributed by atoms with Crippen molar-refractivity contribution < 1.29 is 161 Å². The fourth-order valence-corrected chi connectivity index (χ4v) is 14.7. The summed E-state index contributed by atoms with van der Waals surface area (Å²) in [6, 6.07) is -5.61. The van der Waals surface area contributed by atoms with Gasteiger partial charge in [-0.1, -0.05) is 22.1 Å². The molecule has 4 fully saturated rings. The molecule has 21 atom stereocenters. The number of aliphatic hydroxyl groups is 12. The number of amides is 6. The first-order valence-corrected chi connectivity index (χ1v) is 42.4. The highest BCUT2D eigenvalue weighted by Crippen LogP contribution is 2.28. The number of carbonyl (C=O) groups excluding carboxylic acids is 8. The normalized spacial score (nSPS) is 27.4. The molecule has 21 unspecified atom stereocenters. The van der Waals surface area contributed by atoms with Gasteiger partial charge in [0, 0.05) is 109 Å². The maximum Gasteiger partial charge on any atom is 0.342 e. The van der Waals surface area contributed by atoms with Gasteiger partial charge < -0.3 is 160 Å². The molecular formula is C76H124N20O33. The first-order chi connectivity index (χ1) is 61.9. The number of hydrogen-bond donors (Lipinski definition) is 20. The van der Waals surface area contributed by atoms with Gasteiger partial charge >= 0.3 is 11.9 Å². The quantitative estimate of drug-likeness (QED) is 0.0142. The summed E-state index contributed by atoms with van der Waals surface area (Å²) in [6.07, 6.45) is -14.1. The van der Waals surface area contributed by atoms with Gasteiger partial charge in [0.1, 0.15) is 97.4 Å². The summed E-state index contributed by atoms with van der Waals surface area (Å²) in [6.45, 7) is 5.59. The second kappa shape index (κ2) is 53.2. The van der Waals surface area contributed by atoms with E-state index in [9.17, 15) is 94.8 Å². The van der Waals surface area contributed by atoms with Crippen molar-refractivity contribution in [3.05, 3.63) is 58.7 Å². The Morgan fingerprint density at radius 1 is 0.473 bits per heavy atom. The van der Waals surface area contributed by atoms with Crippen molar-refractivity contribution in [3.63, 3.8) is 0 Å². The van der Waals surface area contributed by atoms with E-state index >= 15 is 4.79 Å². The van der Waals surface area contributed by atoms with Gasteiger partial charge in [0.15, 0.2) is 25.2 Å². The summed E-state index contributed by atoms with van der Waals surface area (Å²) in [7, 11) is 0. The van der Waals surface area contributed by atoms with Crippen LogP contribution in [0.15, 0.2) is 41.6 Å². The molecule has 53 heteroatoms. The third kappa shape index (κ3) is 32.1. The number of nitrogens with zero attached hydrogens (tertiary/aromatic N) is 12. The van der Waals surface area contributed by atoms with Crippen LogP contribution in [0.5, 0.6) is 0 Å². The number of nitrogens with one attached hydrogen (secondary N) is 8. The lowest BCUT2D eigenvalue weighted by molar-refractivity contribution is -0.272. The summed E-state index contributed by atoms with van der Waals surface area (Å²) in [4.78, 5) is 105. The highest BCUT2D eigenvalue weighted by Gasteiger charge is 2.50. The van der Waals surface area contributed by atoms with E-state index in [1.165, 1.54) is 44.0 Å². The molecule has 20 N–H and O–H groups in total. The predicted octanol–water partition coefficient (Wildman–Crippen LogP) is -12.0. The first kappa shape index (κ1) is 104. The van der Waals surface area contributed by atoms with Gasteiger partial charge in [-0.15, -0.1) is 20.8 Å². The van der Waals surface area contributed by atoms with Gasteiger partial charge in [0.25, 0.3) is 0 Å². The van der Waals surface area contributed by atoms with Crippen molar-refractivity contribution in [2.45, 2.75) is 235 Å². The molecule has 0 aromatic carbocycles. The number of esters is 2. The zero-order chi connectivity index (χ0) is 93.2. The number of carbonyl (C=O) groups is 8. The number of aromatic nitrogens is 9. The van der Waals surface area contributed by atoms with Crippen molar-refractivity contribution in [2.75, 3.05) is 138 Å². The summed E-state index contributed by atoms with van der Waals surface area (Å²) >= 11 is 0. The number of ether oxygens (including phenoxy) is 13. The molecule has 0 aliphatic carbocycles. The van der Waals surface area contributed by atoms with Crippen LogP contribution in [0.4, 0.5) is 0 Å². The Morgan fingerprint density at radius 3 is 1.21 bits per heavy atom. The smallest absolute Gasteiger partial charge is 0.342 e. The molecule has 129 heavy (non-hydrogen) atoms. The lowest BCUT2D eigenvalue weighted by Gasteiger charge is -2.42. The molecule has 0 radical (unpaired) electrons. The van der Waals surface area contributed by atoms with Crippen molar-refractivity contribution in [2.24, 2.45) is 0 Å². The van der Waals surface area contributed by atoms with Gasteiger partial charge in [-0.3, -0.25) is 43.6 Å². The van der Waals surface area contributed by atoms with Crippen molar-refractivity contribution >= 4 is 47.4 Å². The molecule has 4 saturated heterocycles. The second-order valence-corrected chi connectivity index (χ2v) is 31.2. The molecule has 53 nitrogen and oxygen atoms in total. The van der Waals surface area contributed by atoms with Crippen LogP contribution >= 0.6 is 0 Å². The predicted molar refractivity (Wildman–Crippen MR) is 431 cm³/mol. The Labute approximate surface area is 740 Å². The maximum atomic E-state index is 15.1. The van der Waals surface area contributed by atoms with E-state index in [0.29, 0.717) is 55.3 Å². The molecule has 9 heterocycles. The minimum atomic E-state index is -1.52. The highest BCUT2D eigenvalue weighted by atomic mass is 16.7. The highest BCUT2D eigenvalue weighted by molar-refractivity contribution is 6.12. The van der Waals surface area contributed by atoms with E-state index in [1.54, 1.807) is 28.3 Å². The number of rotatable bonds is 57. The van der Waals surface area contributed by atoms with Crippen LogP contribution < -0.4 is 42.9 Å². The molecule has 3 aromatic heterocycles. The fourth-order valence-electron chi connectivity index (χ4n) is 14.7. The van der Waals surface area contributed by atoms with E-state index in [4.69, 9.17) is 56.8 Å². The summed E-state index contributed by atoms with van der Waals surface area (Å²) in [5, 5.41) is 168. The fraction of sp³-hybridized carbons (Fsp3) is 0.763. The van der Waals surface area contributed by atoms with Gasteiger partial charge in [-0.05, 0) is 32.7 Å². The summed E-state index contributed by atoms with van der Waals surface area (Å²) in [5.74, 6) is -4.64. The Hall–Kier alpha value is -8.62. The van der Waals surface area contributed by atoms with E-state index in [2.05, 4.69) is 83.4 Å². The van der Waals surface area contributed by atoms with Crippen LogP contribution in [-0.4, -0.2) is 436 Å². The zero-order valence-electron chi connectivity index (χ0n) is 72.4. The lowest BCUT2D eigenvalue weighted by atomic mass is 9.97. The molecule has 726 valence electrons. The molecule has 0 spiro atoms.